The molecule has 1 aromatic rings. The smallest absolute Gasteiger partial charge is 0.240 e. The minimum atomic E-state index is -3.61. The van der Waals surface area contributed by atoms with Crippen molar-refractivity contribution in [2.45, 2.75) is 24.3 Å². The molecule has 7 nitrogen and oxygen atoms in total. The average Bonchev–Trinajstić information content (AvgIpc) is 2.60. The van der Waals surface area contributed by atoms with Crippen molar-refractivity contribution in [2.75, 3.05) is 46.1 Å². The first kappa shape index (κ1) is 20.3. The molecule has 0 aromatic heterocycles. The fourth-order valence-electron chi connectivity index (χ4n) is 2.83. The molecule has 1 N–H and O–H groups in total. The topological polar surface area (TPSA) is 77.1 Å². The van der Waals surface area contributed by atoms with E-state index >= 15 is 0 Å². The minimum Gasteiger partial charge on any atom is -0.486 e. The zero-order chi connectivity index (χ0) is 17.2. The van der Waals surface area contributed by atoms with Crippen LogP contribution < -0.4 is 14.2 Å². The molecule has 0 aliphatic carbocycles. The van der Waals surface area contributed by atoms with Crippen molar-refractivity contribution < 1.29 is 22.6 Å². The highest BCUT2D eigenvalue weighted by molar-refractivity contribution is 7.89. The monoisotopic (exact) mass is 392 g/mol. The van der Waals surface area contributed by atoms with Gasteiger partial charge in [0, 0.05) is 31.2 Å². The number of hydrogen-bond acceptors (Lipinski definition) is 6. The van der Waals surface area contributed by atoms with E-state index in [0.29, 0.717) is 44.5 Å². The molecule has 0 unspecified atom stereocenters. The molecule has 3 rings (SSSR count). The van der Waals surface area contributed by atoms with Gasteiger partial charge in [0.05, 0.1) is 18.1 Å². The molecule has 0 atom stereocenters. The van der Waals surface area contributed by atoms with Gasteiger partial charge in [-0.15, -0.1) is 12.4 Å². The van der Waals surface area contributed by atoms with Crippen LogP contribution in [-0.4, -0.2) is 64.9 Å². The molecule has 0 amide bonds. The van der Waals surface area contributed by atoms with Crippen molar-refractivity contribution >= 4 is 22.4 Å². The van der Waals surface area contributed by atoms with Gasteiger partial charge in [-0.25, -0.2) is 13.1 Å². The summed E-state index contributed by atoms with van der Waals surface area (Å²) >= 11 is 0. The highest BCUT2D eigenvalue weighted by atomic mass is 35.5. The first-order chi connectivity index (χ1) is 11.4. The van der Waals surface area contributed by atoms with Crippen molar-refractivity contribution in [2.24, 2.45) is 0 Å². The lowest BCUT2D eigenvalue weighted by atomic mass is 10.0. The van der Waals surface area contributed by atoms with E-state index in [2.05, 4.69) is 9.62 Å². The standard InChI is InChI=1S/C16H24N2O5S.ClH/c1-16(2,18-5-7-21-8-6-18)12-17-24(19,20)13-3-4-14-15(11-13)23-10-9-22-14;/h3-4,11,17H,5-10,12H2,1-2H3;1H. The summed E-state index contributed by atoms with van der Waals surface area (Å²) in [5.74, 6) is 1.05. The Labute approximate surface area is 155 Å². The molecule has 0 bridgehead atoms. The molecule has 0 spiro atoms. The van der Waals surface area contributed by atoms with Crippen molar-refractivity contribution in [1.29, 1.82) is 0 Å². The number of hydrogen-bond donors (Lipinski definition) is 1. The Balaban J connectivity index is 0.00000225. The Morgan fingerprint density at radius 3 is 2.40 bits per heavy atom. The van der Waals surface area contributed by atoms with Crippen LogP contribution in [0.4, 0.5) is 0 Å². The van der Waals surface area contributed by atoms with E-state index in [1.54, 1.807) is 6.07 Å². The summed E-state index contributed by atoms with van der Waals surface area (Å²) < 4.78 is 44.1. The van der Waals surface area contributed by atoms with E-state index in [-0.39, 0.29) is 22.8 Å². The van der Waals surface area contributed by atoms with Gasteiger partial charge in [-0.1, -0.05) is 0 Å². The second kappa shape index (κ2) is 8.09. The average molecular weight is 393 g/mol. The first-order valence-corrected chi connectivity index (χ1v) is 9.59. The molecule has 1 fully saturated rings. The maximum absolute atomic E-state index is 12.6. The third kappa shape index (κ3) is 4.77. The zero-order valence-corrected chi connectivity index (χ0v) is 16.1. The Bertz CT molecular complexity index is 690. The minimum absolute atomic E-state index is 0. The number of ether oxygens (including phenoxy) is 3. The SMILES string of the molecule is CC(C)(CNS(=O)(=O)c1ccc2c(c1)OCCO2)N1CCOCC1.Cl. The number of morpholine rings is 1. The molecule has 2 heterocycles. The number of nitrogens with zero attached hydrogens (tertiary/aromatic N) is 1. The predicted molar refractivity (Wildman–Crippen MR) is 96.3 cm³/mol. The number of halogens is 1. The van der Waals surface area contributed by atoms with Gasteiger partial charge in [-0.05, 0) is 26.0 Å². The van der Waals surface area contributed by atoms with Gasteiger partial charge in [0.15, 0.2) is 11.5 Å². The molecule has 2 aliphatic rings. The lowest BCUT2D eigenvalue weighted by Gasteiger charge is -2.40. The van der Waals surface area contributed by atoms with Crippen LogP contribution in [0.15, 0.2) is 23.1 Å². The largest absolute Gasteiger partial charge is 0.486 e. The number of rotatable bonds is 5. The van der Waals surface area contributed by atoms with Crippen molar-refractivity contribution in [1.82, 2.24) is 9.62 Å². The maximum atomic E-state index is 12.6. The lowest BCUT2D eigenvalue weighted by molar-refractivity contribution is -0.00803. The normalized spacial score (nSPS) is 18.5. The van der Waals surface area contributed by atoms with Gasteiger partial charge in [0.25, 0.3) is 0 Å². The molecule has 2 aliphatic heterocycles. The summed E-state index contributed by atoms with van der Waals surface area (Å²) in [6, 6.07) is 4.69. The molecule has 0 saturated carbocycles. The maximum Gasteiger partial charge on any atom is 0.240 e. The number of fused-ring (bicyclic) bond motifs is 1. The zero-order valence-electron chi connectivity index (χ0n) is 14.5. The predicted octanol–water partition coefficient (Wildman–Crippen LogP) is 1.27. The van der Waals surface area contributed by atoms with Gasteiger partial charge in [0.2, 0.25) is 10.0 Å². The highest BCUT2D eigenvalue weighted by Crippen LogP contribution is 2.32. The molecular weight excluding hydrogens is 368 g/mol. The lowest BCUT2D eigenvalue weighted by Crippen LogP contribution is -2.55. The summed E-state index contributed by atoms with van der Waals surface area (Å²) in [6.45, 7) is 8.26. The van der Waals surface area contributed by atoms with Gasteiger partial charge in [0.1, 0.15) is 13.2 Å². The van der Waals surface area contributed by atoms with E-state index < -0.39 is 10.0 Å². The Morgan fingerprint density at radius 1 is 1.08 bits per heavy atom. The van der Waals surface area contributed by atoms with E-state index in [1.165, 1.54) is 12.1 Å². The summed E-state index contributed by atoms with van der Waals surface area (Å²) in [4.78, 5) is 2.42. The summed E-state index contributed by atoms with van der Waals surface area (Å²) in [7, 11) is -3.61. The molecule has 1 aromatic carbocycles. The third-order valence-electron chi connectivity index (χ3n) is 4.39. The van der Waals surface area contributed by atoms with Crippen LogP contribution in [0.3, 0.4) is 0 Å². The third-order valence-corrected chi connectivity index (χ3v) is 5.78. The van der Waals surface area contributed by atoms with Crippen LogP contribution >= 0.6 is 12.4 Å². The van der Waals surface area contributed by atoms with Crippen LogP contribution in [0, 0.1) is 0 Å². The van der Waals surface area contributed by atoms with Crippen LogP contribution in [0.2, 0.25) is 0 Å². The Morgan fingerprint density at radius 2 is 1.72 bits per heavy atom. The molecule has 1 saturated heterocycles. The van der Waals surface area contributed by atoms with Crippen molar-refractivity contribution in [3.63, 3.8) is 0 Å². The summed E-state index contributed by atoms with van der Waals surface area (Å²) in [6.07, 6.45) is 0. The molecule has 9 heteroatoms. The fraction of sp³-hybridized carbons (Fsp3) is 0.625. The molecule has 142 valence electrons. The second-order valence-corrected chi connectivity index (χ2v) is 8.31. The molecule has 25 heavy (non-hydrogen) atoms. The van der Waals surface area contributed by atoms with Gasteiger partial charge in [-0.2, -0.15) is 0 Å². The van der Waals surface area contributed by atoms with Crippen LogP contribution in [0.25, 0.3) is 0 Å². The van der Waals surface area contributed by atoms with Gasteiger partial charge in [-0.3, -0.25) is 4.90 Å². The van der Waals surface area contributed by atoms with E-state index in [9.17, 15) is 8.42 Å². The van der Waals surface area contributed by atoms with Gasteiger partial charge < -0.3 is 14.2 Å². The quantitative estimate of drug-likeness (QED) is 0.813. The van der Waals surface area contributed by atoms with Crippen LogP contribution in [0.1, 0.15) is 13.8 Å². The second-order valence-electron chi connectivity index (χ2n) is 6.54. The van der Waals surface area contributed by atoms with Crippen LogP contribution in [-0.2, 0) is 14.8 Å². The number of benzene rings is 1. The van der Waals surface area contributed by atoms with Crippen molar-refractivity contribution in [3.05, 3.63) is 18.2 Å². The number of nitrogens with one attached hydrogen (secondary N) is 1. The van der Waals surface area contributed by atoms with Crippen molar-refractivity contribution in [3.8, 4) is 11.5 Å². The number of sulfonamides is 1. The van der Waals surface area contributed by atoms with E-state index in [1.807, 2.05) is 13.8 Å². The summed E-state index contributed by atoms with van der Waals surface area (Å²) in [5.41, 5.74) is -0.287. The van der Waals surface area contributed by atoms with Crippen LogP contribution in [0.5, 0.6) is 11.5 Å². The summed E-state index contributed by atoms with van der Waals surface area (Å²) in [5, 5.41) is 0. The Kier molecular flexibility index (Phi) is 6.56. The molecule has 0 radical (unpaired) electrons. The molecular formula is C16H25ClN2O5S. The highest BCUT2D eigenvalue weighted by Gasteiger charge is 2.30. The first-order valence-electron chi connectivity index (χ1n) is 8.11. The fourth-order valence-corrected chi connectivity index (χ4v) is 4.05. The van der Waals surface area contributed by atoms with Gasteiger partial charge >= 0.3 is 0 Å². The Hall–Kier alpha value is -1.06. The van der Waals surface area contributed by atoms with E-state index in [0.717, 1.165) is 13.1 Å². The van der Waals surface area contributed by atoms with E-state index in [4.69, 9.17) is 14.2 Å².